The standard InChI is InChI=1S/C27H29N5O4S3/c1-14-19(22(26(35)36)32-21(14)20(15(2)33)23(32)34)18-11-31-13-30(24(37-3)25(31)39-18)10-16-5-4-6-17(9-16)12-38-27-28-7-8-29-27/h4-6,9,11,13-15,20-21,33H,7-8,10,12H2,1-3H3,(H-,28,29,35,36)/t14-,15+,20+,21+/m0/s1. The van der Waals surface area contributed by atoms with E-state index >= 15 is 0 Å². The van der Waals surface area contributed by atoms with Gasteiger partial charge in [0.05, 0.1) is 41.2 Å². The highest BCUT2D eigenvalue weighted by Gasteiger charge is 2.59. The molecule has 2 N–H and O–H groups in total. The van der Waals surface area contributed by atoms with E-state index in [4.69, 9.17) is 0 Å². The SMILES string of the molecule is CSc1c2sc(C3=C(C(=O)[O-])N4C(=O)[C@H]([C@@H](C)O)[C@H]4[C@H]3C)c[n+]2cn1Cc1cccc(CSC2=NCCN2)c1. The molecule has 6 rings (SSSR count). The van der Waals surface area contributed by atoms with Gasteiger partial charge < -0.3 is 25.2 Å². The van der Waals surface area contributed by atoms with Crippen LogP contribution in [0, 0.1) is 11.8 Å². The Balaban J connectivity index is 1.28. The molecule has 0 aliphatic carbocycles. The number of carboxylic acids is 1. The summed E-state index contributed by atoms with van der Waals surface area (Å²) < 4.78 is 4.24. The van der Waals surface area contributed by atoms with Gasteiger partial charge in [-0.15, -0.1) is 0 Å². The maximum atomic E-state index is 12.7. The fourth-order valence-electron chi connectivity index (χ4n) is 5.90. The molecule has 0 radical (unpaired) electrons. The van der Waals surface area contributed by atoms with Crippen LogP contribution < -0.4 is 14.8 Å². The third-order valence-corrected chi connectivity index (χ3v) is 10.7. The second kappa shape index (κ2) is 10.3. The van der Waals surface area contributed by atoms with Crippen molar-refractivity contribution in [2.24, 2.45) is 16.8 Å². The van der Waals surface area contributed by atoms with Crippen molar-refractivity contribution in [1.29, 1.82) is 0 Å². The van der Waals surface area contributed by atoms with Gasteiger partial charge in [0.1, 0.15) is 12.7 Å². The number of carbonyl (C=O) groups excluding carboxylic acids is 2. The molecule has 2 aromatic heterocycles. The minimum atomic E-state index is -1.36. The Morgan fingerprint density at radius 1 is 1.38 bits per heavy atom. The summed E-state index contributed by atoms with van der Waals surface area (Å²) in [7, 11) is 0. The number of imidazole rings is 1. The van der Waals surface area contributed by atoms with Gasteiger partial charge >= 0.3 is 0 Å². The van der Waals surface area contributed by atoms with Crippen molar-refractivity contribution >= 4 is 62.3 Å². The topological polar surface area (TPSA) is 114 Å². The molecule has 0 bridgehead atoms. The van der Waals surface area contributed by atoms with Crippen LogP contribution in [0.1, 0.15) is 29.9 Å². The number of fused-ring (bicyclic) bond motifs is 2. The first-order valence-corrected chi connectivity index (χ1v) is 15.8. The van der Waals surface area contributed by atoms with Crippen LogP contribution in [0.4, 0.5) is 0 Å². The average Bonchev–Trinajstić information content (AvgIpc) is 3.65. The summed E-state index contributed by atoms with van der Waals surface area (Å²) in [5.41, 5.74) is 2.99. The summed E-state index contributed by atoms with van der Waals surface area (Å²) >= 11 is 4.89. The summed E-state index contributed by atoms with van der Waals surface area (Å²) in [4.78, 5) is 32.5. The second-order valence-electron chi connectivity index (χ2n) is 10.1. The number of hydrogen-bond acceptors (Lipinski definition) is 9. The molecule has 9 nitrogen and oxygen atoms in total. The largest absolute Gasteiger partial charge is 0.543 e. The van der Waals surface area contributed by atoms with E-state index in [0.29, 0.717) is 12.1 Å². The van der Waals surface area contributed by atoms with Crippen molar-refractivity contribution < 1.29 is 24.2 Å². The van der Waals surface area contributed by atoms with Crippen LogP contribution in [-0.4, -0.2) is 63.1 Å². The Labute approximate surface area is 238 Å². The smallest absolute Gasteiger partial charge is 0.250 e. The first-order valence-electron chi connectivity index (χ1n) is 12.8. The van der Waals surface area contributed by atoms with E-state index in [9.17, 15) is 19.8 Å². The fraction of sp³-hybridized carbons (Fsp3) is 0.407. The number of carboxylic acid groups (broad SMARTS) is 1. The highest BCUT2D eigenvalue weighted by molar-refractivity contribution is 8.13. The van der Waals surface area contributed by atoms with E-state index in [1.54, 1.807) is 30.4 Å². The number of thiazole rings is 1. The number of aliphatic carboxylic acids is 1. The number of nitrogens with zero attached hydrogens (tertiary/aromatic N) is 4. The summed E-state index contributed by atoms with van der Waals surface area (Å²) in [6, 6.07) is 8.22. The normalized spacial score (nSPS) is 23.2. The van der Waals surface area contributed by atoms with E-state index in [2.05, 4.69) is 39.1 Å². The molecule has 12 heteroatoms. The van der Waals surface area contributed by atoms with Gasteiger partial charge in [-0.2, -0.15) is 4.40 Å². The van der Waals surface area contributed by atoms with Gasteiger partial charge in [0.2, 0.25) is 15.8 Å². The molecule has 4 atom stereocenters. The van der Waals surface area contributed by atoms with Gasteiger partial charge in [-0.25, -0.2) is 4.57 Å². The van der Waals surface area contributed by atoms with Gasteiger partial charge in [-0.1, -0.05) is 66.0 Å². The molecule has 39 heavy (non-hydrogen) atoms. The van der Waals surface area contributed by atoms with E-state index in [-0.39, 0.29) is 23.6 Å². The number of hydrogen-bond donors (Lipinski definition) is 2. The zero-order valence-corrected chi connectivity index (χ0v) is 24.2. The molecule has 3 aliphatic heterocycles. The lowest BCUT2D eigenvalue weighted by Crippen LogP contribution is -2.64. The monoisotopic (exact) mass is 583 g/mol. The number of aromatic nitrogens is 2. The quantitative estimate of drug-likeness (QED) is 0.235. The van der Waals surface area contributed by atoms with Crippen molar-refractivity contribution in [2.45, 2.75) is 43.3 Å². The number of aliphatic hydroxyl groups is 1. The Morgan fingerprint density at radius 2 is 2.18 bits per heavy atom. The first-order chi connectivity index (χ1) is 18.8. The molecule has 5 heterocycles. The van der Waals surface area contributed by atoms with Crippen molar-refractivity contribution in [1.82, 2.24) is 14.8 Å². The summed E-state index contributed by atoms with van der Waals surface area (Å²) in [6.45, 7) is 5.97. The number of amidine groups is 1. The predicted octanol–water partition coefficient (Wildman–Crippen LogP) is 1.57. The van der Waals surface area contributed by atoms with E-state index in [1.165, 1.54) is 27.4 Å². The van der Waals surface area contributed by atoms with Crippen LogP contribution in [0.5, 0.6) is 0 Å². The molecule has 3 aromatic rings. The third kappa shape index (κ3) is 4.47. The number of rotatable bonds is 8. The van der Waals surface area contributed by atoms with Crippen molar-refractivity contribution in [3.05, 3.63) is 58.5 Å². The summed E-state index contributed by atoms with van der Waals surface area (Å²) in [6.07, 6.45) is 5.18. The number of aliphatic imine (C=N–C) groups is 1. The van der Waals surface area contributed by atoms with Gasteiger partial charge in [-0.3, -0.25) is 9.79 Å². The zero-order chi connectivity index (χ0) is 27.4. The molecule has 0 saturated carbocycles. The van der Waals surface area contributed by atoms with Crippen LogP contribution in [-0.2, 0) is 21.9 Å². The predicted molar refractivity (Wildman–Crippen MR) is 151 cm³/mol. The lowest BCUT2D eigenvalue weighted by Gasteiger charge is -2.47. The van der Waals surface area contributed by atoms with E-state index in [0.717, 1.165) is 38.7 Å². The number of carbonyl (C=O) groups is 2. The van der Waals surface area contributed by atoms with Crippen LogP contribution >= 0.6 is 34.9 Å². The minimum Gasteiger partial charge on any atom is -0.543 e. The molecule has 1 aromatic carbocycles. The fourth-order valence-corrected chi connectivity index (χ4v) is 8.95. The van der Waals surface area contributed by atoms with Gasteiger partial charge in [0.25, 0.3) is 6.33 Å². The lowest BCUT2D eigenvalue weighted by atomic mass is 9.77. The molecule has 0 spiro atoms. The van der Waals surface area contributed by atoms with Crippen LogP contribution in [0.15, 0.2) is 52.5 Å². The van der Waals surface area contributed by atoms with Crippen LogP contribution in [0.2, 0.25) is 0 Å². The first kappa shape index (κ1) is 26.4. The molecule has 0 unspecified atom stereocenters. The average molecular weight is 584 g/mol. The number of nitrogens with one attached hydrogen (secondary N) is 1. The number of β-lactam (4-membered cyclic amide) rings is 1. The van der Waals surface area contributed by atoms with Crippen LogP contribution in [0.25, 0.3) is 10.4 Å². The van der Waals surface area contributed by atoms with Crippen LogP contribution in [0.3, 0.4) is 0 Å². The third-order valence-electron chi connectivity index (χ3n) is 7.59. The maximum Gasteiger partial charge on any atom is 0.250 e. The molecule has 3 aliphatic rings. The highest BCUT2D eigenvalue weighted by Crippen LogP contribution is 2.51. The van der Waals surface area contributed by atoms with Gasteiger partial charge in [0.15, 0.2) is 5.17 Å². The Morgan fingerprint density at radius 3 is 2.87 bits per heavy atom. The van der Waals surface area contributed by atoms with Crippen molar-refractivity contribution in [3.63, 3.8) is 0 Å². The molecular weight excluding hydrogens is 555 g/mol. The molecule has 204 valence electrons. The summed E-state index contributed by atoms with van der Waals surface area (Å²) in [5.74, 6) is -1.68. The van der Waals surface area contributed by atoms with Gasteiger partial charge in [0, 0.05) is 23.8 Å². The highest BCUT2D eigenvalue weighted by atomic mass is 32.2. The van der Waals surface area contributed by atoms with Gasteiger partial charge in [-0.05, 0) is 24.3 Å². The van der Waals surface area contributed by atoms with E-state index in [1.807, 2.05) is 30.1 Å². The Hall–Kier alpha value is -2.80. The number of aliphatic hydroxyl groups excluding tert-OH is 1. The molecule has 1 fully saturated rings. The lowest BCUT2D eigenvalue weighted by molar-refractivity contribution is -0.508. The maximum absolute atomic E-state index is 12.7. The van der Waals surface area contributed by atoms with Crippen molar-refractivity contribution in [2.75, 3.05) is 19.3 Å². The molecular formula is C27H29N5O4S3. The zero-order valence-electron chi connectivity index (χ0n) is 21.8. The Kier molecular flexibility index (Phi) is 6.98. The summed E-state index contributed by atoms with van der Waals surface area (Å²) in [5, 5.41) is 27.7. The number of thioether (sulfide) groups is 2. The number of amides is 1. The number of benzene rings is 1. The minimum absolute atomic E-state index is 0.0640. The second-order valence-corrected chi connectivity index (χ2v) is 12.9. The van der Waals surface area contributed by atoms with E-state index < -0.39 is 18.0 Å². The van der Waals surface area contributed by atoms with Crippen molar-refractivity contribution in [3.8, 4) is 0 Å². The Bertz CT molecular complexity index is 1540. The molecule has 1 amide bonds. The molecule has 1 saturated heterocycles.